The first-order chi connectivity index (χ1) is 8.74. The molecule has 0 bridgehead atoms. The van der Waals surface area contributed by atoms with Crippen LogP contribution in [-0.2, 0) is 0 Å². The van der Waals surface area contributed by atoms with Crippen LogP contribution in [0.25, 0.3) is 0 Å². The molecule has 0 saturated carbocycles. The summed E-state index contributed by atoms with van der Waals surface area (Å²) < 4.78 is 5.62. The van der Waals surface area contributed by atoms with Crippen LogP contribution in [0.4, 0.5) is 5.82 Å². The van der Waals surface area contributed by atoms with Crippen molar-refractivity contribution in [1.29, 1.82) is 0 Å². The molecule has 0 aliphatic carbocycles. The highest BCUT2D eigenvalue weighted by Gasteiger charge is 1.95. The molecule has 4 heteroatoms. The van der Waals surface area contributed by atoms with Crippen molar-refractivity contribution in [2.45, 2.75) is 6.92 Å². The number of halogens is 1. The first-order valence-corrected chi connectivity index (χ1v) is 6.17. The minimum absolute atomic E-state index is 0.591. The minimum atomic E-state index is 0.591. The van der Waals surface area contributed by atoms with Gasteiger partial charge < -0.3 is 10.1 Å². The summed E-state index contributed by atoms with van der Waals surface area (Å²) in [6.45, 7) is 3.33. The van der Waals surface area contributed by atoms with Gasteiger partial charge in [0.05, 0.1) is 11.6 Å². The SMILES string of the molecule is Cc1cccc(OCCNc2ccc(Cl)cn2)c1. The number of hydrogen-bond acceptors (Lipinski definition) is 3. The van der Waals surface area contributed by atoms with Crippen molar-refractivity contribution in [3.05, 3.63) is 53.2 Å². The van der Waals surface area contributed by atoms with E-state index >= 15 is 0 Å². The molecule has 94 valence electrons. The van der Waals surface area contributed by atoms with Crippen molar-refractivity contribution in [1.82, 2.24) is 4.98 Å². The Morgan fingerprint density at radius 1 is 1.28 bits per heavy atom. The summed E-state index contributed by atoms with van der Waals surface area (Å²) in [4.78, 5) is 4.14. The van der Waals surface area contributed by atoms with Gasteiger partial charge in [-0.05, 0) is 36.8 Å². The van der Waals surface area contributed by atoms with Gasteiger partial charge in [0, 0.05) is 6.20 Å². The monoisotopic (exact) mass is 262 g/mol. The summed E-state index contributed by atoms with van der Waals surface area (Å²) in [5, 5.41) is 3.80. The number of nitrogens with one attached hydrogen (secondary N) is 1. The van der Waals surface area contributed by atoms with Gasteiger partial charge in [0.2, 0.25) is 0 Å². The van der Waals surface area contributed by atoms with Gasteiger partial charge in [-0.15, -0.1) is 0 Å². The molecule has 0 saturated heterocycles. The molecular weight excluding hydrogens is 248 g/mol. The van der Waals surface area contributed by atoms with Gasteiger partial charge in [-0.3, -0.25) is 0 Å². The van der Waals surface area contributed by atoms with E-state index in [-0.39, 0.29) is 0 Å². The molecule has 2 aromatic rings. The van der Waals surface area contributed by atoms with Crippen LogP contribution in [0.2, 0.25) is 5.02 Å². The molecule has 0 fully saturated rings. The first-order valence-electron chi connectivity index (χ1n) is 5.79. The van der Waals surface area contributed by atoms with Crippen molar-refractivity contribution >= 4 is 17.4 Å². The third-order valence-corrected chi connectivity index (χ3v) is 2.62. The zero-order valence-electron chi connectivity index (χ0n) is 10.2. The van der Waals surface area contributed by atoms with Crippen molar-refractivity contribution in [3.63, 3.8) is 0 Å². The van der Waals surface area contributed by atoms with E-state index in [0.717, 1.165) is 11.6 Å². The summed E-state index contributed by atoms with van der Waals surface area (Å²) in [5.41, 5.74) is 1.19. The highest BCUT2D eigenvalue weighted by Crippen LogP contribution is 2.12. The lowest BCUT2D eigenvalue weighted by Gasteiger charge is -2.08. The highest BCUT2D eigenvalue weighted by molar-refractivity contribution is 6.30. The van der Waals surface area contributed by atoms with Gasteiger partial charge in [0.1, 0.15) is 18.2 Å². The number of hydrogen-bond donors (Lipinski definition) is 1. The van der Waals surface area contributed by atoms with Gasteiger partial charge in [0.15, 0.2) is 0 Å². The van der Waals surface area contributed by atoms with E-state index in [0.29, 0.717) is 18.2 Å². The number of nitrogens with zero attached hydrogens (tertiary/aromatic N) is 1. The Kier molecular flexibility index (Phi) is 4.42. The van der Waals surface area contributed by atoms with Gasteiger partial charge >= 0.3 is 0 Å². The Morgan fingerprint density at radius 2 is 2.17 bits per heavy atom. The molecule has 2 rings (SSSR count). The van der Waals surface area contributed by atoms with E-state index in [2.05, 4.69) is 10.3 Å². The Labute approximate surface area is 112 Å². The molecule has 0 amide bonds. The van der Waals surface area contributed by atoms with Gasteiger partial charge in [-0.2, -0.15) is 0 Å². The minimum Gasteiger partial charge on any atom is -0.492 e. The van der Waals surface area contributed by atoms with Crippen LogP contribution in [-0.4, -0.2) is 18.1 Å². The normalized spacial score (nSPS) is 10.1. The van der Waals surface area contributed by atoms with E-state index in [1.807, 2.05) is 37.3 Å². The van der Waals surface area contributed by atoms with E-state index in [1.165, 1.54) is 5.56 Å². The number of anilines is 1. The summed E-state index contributed by atoms with van der Waals surface area (Å²) in [6, 6.07) is 11.6. The summed E-state index contributed by atoms with van der Waals surface area (Å²) in [6.07, 6.45) is 1.62. The average Bonchev–Trinajstić information content (AvgIpc) is 2.37. The van der Waals surface area contributed by atoms with Gasteiger partial charge in [-0.1, -0.05) is 23.7 Å². The second-order valence-corrected chi connectivity index (χ2v) is 4.39. The van der Waals surface area contributed by atoms with Crippen LogP contribution in [0, 0.1) is 6.92 Å². The molecular formula is C14H15ClN2O. The summed E-state index contributed by atoms with van der Waals surface area (Å²) >= 11 is 5.75. The molecule has 1 N–H and O–H groups in total. The number of aromatic nitrogens is 1. The van der Waals surface area contributed by atoms with Crippen LogP contribution >= 0.6 is 11.6 Å². The Balaban J connectivity index is 1.74. The molecule has 0 radical (unpaired) electrons. The Bertz CT molecular complexity index is 499. The zero-order valence-corrected chi connectivity index (χ0v) is 10.9. The Hall–Kier alpha value is -1.74. The summed E-state index contributed by atoms with van der Waals surface area (Å²) in [5.74, 6) is 1.69. The lowest BCUT2D eigenvalue weighted by molar-refractivity contribution is 0.332. The third kappa shape index (κ3) is 3.93. The molecule has 1 aromatic heterocycles. The Morgan fingerprint density at radius 3 is 2.89 bits per heavy atom. The number of rotatable bonds is 5. The van der Waals surface area contributed by atoms with Crippen molar-refractivity contribution in [2.24, 2.45) is 0 Å². The maximum Gasteiger partial charge on any atom is 0.126 e. The predicted molar refractivity (Wildman–Crippen MR) is 74.4 cm³/mol. The first kappa shape index (κ1) is 12.7. The molecule has 0 atom stereocenters. The quantitative estimate of drug-likeness (QED) is 0.837. The lowest BCUT2D eigenvalue weighted by atomic mass is 10.2. The fraction of sp³-hybridized carbons (Fsp3) is 0.214. The number of ether oxygens (including phenoxy) is 1. The standard InChI is InChI=1S/C14H15ClN2O/c1-11-3-2-4-13(9-11)18-8-7-16-14-6-5-12(15)10-17-14/h2-6,9-10H,7-8H2,1H3,(H,16,17). The van der Waals surface area contributed by atoms with Crippen LogP contribution in [0.5, 0.6) is 5.75 Å². The second-order valence-electron chi connectivity index (χ2n) is 3.95. The van der Waals surface area contributed by atoms with E-state index < -0.39 is 0 Å². The fourth-order valence-electron chi connectivity index (χ4n) is 1.53. The van der Waals surface area contributed by atoms with E-state index in [4.69, 9.17) is 16.3 Å². The number of aryl methyl sites for hydroxylation is 1. The number of pyridine rings is 1. The highest BCUT2D eigenvalue weighted by atomic mass is 35.5. The molecule has 0 aliphatic heterocycles. The molecule has 3 nitrogen and oxygen atoms in total. The topological polar surface area (TPSA) is 34.1 Å². The van der Waals surface area contributed by atoms with Crippen LogP contribution in [0.1, 0.15) is 5.56 Å². The van der Waals surface area contributed by atoms with E-state index in [9.17, 15) is 0 Å². The molecule has 1 aromatic carbocycles. The molecule has 0 aliphatic rings. The fourth-order valence-corrected chi connectivity index (χ4v) is 1.65. The van der Waals surface area contributed by atoms with Crippen molar-refractivity contribution in [3.8, 4) is 5.75 Å². The van der Waals surface area contributed by atoms with Gasteiger partial charge in [0.25, 0.3) is 0 Å². The van der Waals surface area contributed by atoms with Crippen LogP contribution < -0.4 is 10.1 Å². The summed E-state index contributed by atoms with van der Waals surface area (Å²) in [7, 11) is 0. The van der Waals surface area contributed by atoms with Crippen molar-refractivity contribution in [2.75, 3.05) is 18.5 Å². The maximum atomic E-state index is 5.75. The number of benzene rings is 1. The van der Waals surface area contributed by atoms with Crippen LogP contribution in [0.3, 0.4) is 0 Å². The third-order valence-electron chi connectivity index (χ3n) is 2.39. The molecule has 0 spiro atoms. The lowest BCUT2D eigenvalue weighted by Crippen LogP contribution is -2.12. The average molecular weight is 263 g/mol. The second kappa shape index (κ2) is 6.26. The predicted octanol–water partition coefficient (Wildman–Crippen LogP) is 3.53. The molecule has 1 heterocycles. The largest absolute Gasteiger partial charge is 0.492 e. The smallest absolute Gasteiger partial charge is 0.126 e. The van der Waals surface area contributed by atoms with Crippen molar-refractivity contribution < 1.29 is 4.74 Å². The zero-order chi connectivity index (χ0) is 12.8. The van der Waals surface area contributed by atoms with Gasteiger partial charge in [-0.25, -0.2) is 4.98 Å². The molecule has 0 unspecified atom stereocenters. The maximum absolute atomic E-state index is 5.75. The van der Waals surface area contributed by atoms with Crippen LogP contribution in [0.15, 0.2) is 42.6 Å². The van der Waals surface area contributed by atoms with E-state index in [1.54, 1.807) is 12.3 Å². The molecule has 18 heavy (non-hydrogen) atoms.